The van der Waals surface area contributed by atoms with Crippen LogP contribution in [-0.2, 0) is 18.3 Å². The summed E-state index contributed by atoms with van der Waals surface area (Å²) in [5.74, 6) is -0.0455. The number of aryl methyl sites for hydroxylation is 2. The highest BCUT2D eigenvalue weighted by Crippen LogP contribution is 2.14. The number of anilines is 1. The summed E-state index contributed by atoms with van der Waals surface area (Å²) in [7, 11) is 1.87. The van der Waals surface area contributed by atoms with Crippen LogP contribution in [0.25, 0.3) is 0 Å². The minimum atomic E-state index is -0.288. The van der Waals surface area contributed by atoms with Crippen LogP contribution < -0.4 is 10.6 Å². The first kappa shape index (κ1) is 13.3. The molecule has 5 heteroatoms. The Morgan fingerprint density at radius 2 is 2.41 bits per heavy atom. The maximum atomic E-state index is 11.7. The molecule has 0 aromatic carbocycles. The van der Waals surface area contributed by atoms with Gasteiger partial charge in [-0.3, -0.25) is 9.48 Å². The van der Waals surface area contributed by atoms with Crippen LogP contribution in [0.15, 0.2) is 18.9 Å². The molecule has 0 saturated heterocycles. The SMILES string of the molecule is C=CCNC(=O)C(C)Nc1cn(C)nc1CC. The number of nitrogens with one attached hydrogen (secondary N) is 2. The lowest BCUT2D eigenvalue weighted by Gasteiger charge is -2.13. The average Bonchev–Trinajstić information content (AvgIpc) is 2.66. The first-order valence-electron chi connectivity index (χ1n) is 5.76. The fraction of sp³-hybridized carbons (Fsp3) is 0.500. The van der Waals surface area contributed by atoms with Gasteiger partial charge >= 0.3 is 0 Å². The van der Waals surface area contributed by atoms with E-state index >= 15 is 0 Å². The lowest BCUT2D eigenvalue weighted by molar-refractivity contribution is -0.121. The first-order chi connectivity index (χ1) is 8.08. The van der Waals surface area contributed by atoms with Crippen molar-refractivity contribution in [2.75, 3.05) is 11.9 Å². The van der Waals surface area contributed by atoms with Gasteiger partial charge in [-0.2, -0.15) is 5.10 Å². The number of aromatic nitrogens is 2. The second kappa shape index (κ2) is 6.08. The molecule has 1 aromatic heterocycles. The number of rotatable bonds is 6. The second-order valence-electron chi connectivity index (χ2n) is 3.92. The molecule has 17 heavy (non-hydrogen) atoms. The molecule has 0 spiro atoms. The molecule has 1 aromatic rings. The van der Waals surface area contributed by atoms with E-state index in [1.54, 1.807) is 10.8 Å². The maximum absolute atomic E-state index is 11.7. The third-order valence-electron chi connectivity index (χ3n) is 2.43. The van der Waals surface area contributed by atoms with Crippen molar-refractivity contribution in [3.8, 4) is 0 Å². The Labute approximate surface area is 102 Å². The highest BCUT2D eigenvalue weighted by Gasteiger charge is 2.14. The number of hydrogen-bond acceptors (Lipinski definition) is 3. The molecule has 0 bridgehead atoms. The minimum absolute atomic E-state index is 0.0455. The Balaban J connectivity index is 2.63. The van der Waals surface area contributed by atoms with Crippen LogP contribution in [0.1, 0.15) is 19.5 Å². The lowest BCUT2D eigenvalue weighted by atomic mass is 10.2. The number of nitrogens with zero attached hydrogens (tertiary/aromatic N) is 2. The predicted octanol–water partition coefficient (Wildman–Crippen LogP) is 1.09. The molecule has 0 radical (unpaired) electrons. The Morgan fingerprint density at radius 3 is 3.00 bits per heavy atom. The van der Waals surface area contributed by atoms with Gasteiger partial charge in [-0.1, -0.05) is 13.0 Å². The van der Waals surface area contributed by atoms with Gasteiger partial charge in [-0.05, 0) is 13.3 Å². The van der Waals surface area contributed by atoms with Gasteiger partial charge < -0.3 is 10.6 Å². The number of carbonyl (C=O) groups is 1. The second-order valence-corrected chi connectivity index (χ2v) is 3.92. The summed E-state index contributed by atoms with van der Waals surface area (Å²) in [5, 5.41) is 10.2. The van der Waals surface area contributed by atoms with Crippen LogP contribution >= 0.6 is 0 Å². The molecule has 0 aliphatic heterocycles. The van der Waals surface area contributed by atoms with Crippen LogP contribution in [0.5, 0.6) is 0 Å². The van der Waals surface area contributed by atoms with E-state index in [4.69, 9.17) is 0 Å². The van der Waals surface area contributed by atoms with E-state index in [0.717, 1.165) is 17.8 Å². The van der Waals surface area contributed by atoms with Crippen LogP contribution in [0.2, 0.25) is 0 Å². The summed E-state index contributed by atoms with van der Waals surface area (Å²) >= 11 is 0. The summed E-state index contributed by atoms with van der Waals surface area (Å²) in [6, 6.07) is -0.288. The molecule has 94 valence electrons. The first-order valence-corrected chi connectivity index (χ1v) is 5.76. The summed E-state index contributed by atoms with van der Waals surface area (Å²) in [6.07, 6.45) is 4.38. The highest BCUT2D eigenvalue weighted by molar-refractivity contribution is 5.84. The van der Waals surface area contributed by atoms with E-state index in [0.29, 0.717) is 6.54 Å². The molecule has 0 aliphatic carbocycles. The third-order valence-corrected chi connectivity index (χ3v) is 2.43. The molecule has 2 N–H and O–H groups in total. The smallest absolute Gasteiger partial charge is 0.242 e. The van der Waals surface area contributed by atoms with E-state index < -0.39 is 0 Å². The Hall–Kier alpha value is -1.78. The van der Waals surface area contributed by atoms with Crippen LogP contribution in [-0.4, -0.2) is 28.3 Å². The maximum Gasteiger partial charge on any atom is 0.242 e. The van der Waals surface area contributed by atoms with E-state index in [-0.39, 0.29) is 11.9 Å². The van der Waals surface area contributed by atoms with Crippen molar-refractivity contribution in [1.82, 2.24) is 15.1 Å². The molecular formula is C12H20N4O. The number of hydrogen-bond donors (Lipinski definition) is 2. The van der Waals surface area contributed by atoms with Crippen molar-refractivity contribution in [2.45, 2.75) is 26.3 Å². The molecule has 0 saturated carbocycles. The molecule has 5 nitrogen and oxygen atoms in total. The van der Waals surface area contributed by atoms with Gasteiger partial charge in [0, 0.05) is 19.8 Å². The van der Waals surface area contributed by atoms with Crippen molar-refractivity contribution in [3.05, 3.63) is 24.5 Å². The molecule has 1 amide bonds. The zero-order valence-corrected chi connectivity index (χ0v) is 10.7. The summed E-state index contributed by atoms with van der Waals surface area (Å²) in [6.45, 7) is 7.90. The standard InChI is InChI=1S/C12H20N4O/c1-5-7-13-12(17)9(3)14-11-8-16(4)15-10(11)6-2/h5,8-9,14H,1,6-7H2,2-4H3,(H,13,17). The zero-order valence-electron chi connectivity index (χ0n) is 10.7. The van der Waals surface area contributed by atoms with Crippen molar-refractivity contribution in [3.63, 3.8) is 0 Å². The minimum Gasteiger partial charge on any atom is -0.371 e. The summed E-state index contributed by atoms with van der Waals surface area (Å²) in [4.78, 5) is 11.7. The molecule has 1 unspecified atom stereocenters. The highest BCUT2D eigenvalue weighted by atomic mass is 16.2. The summed E-state index contributed by atoms with van der Waals surface area (Å²) < 4.78 is 1.75. The topological polar surface area (TPSA) is 59.0 Å². The Morgan fingerprint density at radius 1 is 1.71 bits per heavy atom. The fourth-order valence-electron chi connectivity index (χ4n) is 1.54. The van der Waals surface area contributed by atoms with Gasteiger partial charge in [0.2, 0.25) is 5.91 Å². The van der Waals surface area contributed by atoms with Gasteiger partial charge in [0.05, 0.1) is 11.4 Å². The molecule has 0 aliphatic rings. The zero-order chi connectivity index (χ0) is 12.8. The monoisotopic (exact) mass is 236 g/mol. The van der Waals surface area contributed by atoms with Crippen LogP contribution in [0, 0.1) is 0 Å². The van der Waals surface area contributed by atoms with Crippen molar-refractivity contribution < 1.29 is 4.79 Å². The molecule has 1 rings (SSSR count). The molecule has 0 fully saturated rings. The molecule has 1 heterocycles. The number of amides is 1. The molecule has 1 atom stereocenters. The van der Waals surface area contributed by atoms with E-state index in [1.807, 2.05) is 27.1 Å². The largest absolute Gasteiger partial charge is 0.371 e. The predicted molar refractivity (Wildman–Crippen MR) is 68.9 cm³/mol. The average molecular weight is 236 g/mol. The fourth-order valence-corrected chi connectivity index (χ4v) is 1.54. The summed E-state index contributed by atoms with van der Waals surface area (Å²) in [5.41, 5.74) is 1.88. The van der Waals surface area contributed by atoms with E-state index in [1.165, 1.54) is 0 Å². The van der Waals surface area contributed by atoms with E-state index in [2.05, 4.69) is 22.3 Å². The van der Waals surface area contributed by atoms with Gasteiger partial charge in [0.25, 0.3) is 0 Å². The van der Waals surface area contributed by atoms with Crippen molar-refractivity contribution in [2.24, 2.45) is 7.05 Å². The normalized spacial score (nSPS) is 11.9. The molecular weight excluding hydrogens is 216 g/mol. The quantitative estimate of drug-likeness (QED) is 0.727. The Kier molecular flexibility index (Phi) is 4.75. The van der Waals surface area contributed by atoms with E-state index in [9.17, 15) is 4.79 Å². The van der Waals surface area contributed by atoms with Crippen molar-refractivity contribution >= 4 is 11.6 Å². The van der Waals surface area contributed by atoms with Gasteiger partial charge in [0.15, 0.2) is 0 Å². The third kappa shape index (κ3) is 3.62. The van der Waals surface area contributed by atoms with Crippen molar-refractivity contribution in [1.29, 1.82) is 0 Å². The number of carbonyl (C=O) groups excluding carboxylic acids is 1. The van der Waals surface area contributed by atoms with Gasteiger partial charge in [-0.15, -0.1) is 6.58 Å². The Bertz CT molecular complexity index is 397. The van der Waals surface area contributed by atoms with Gasteiger partial charge in [-0.25, -0.2) is 0 Å². The lowest BCUT2D eigenvalue weighted by Crippen LogP contribution is -2.37. The van der Waals surface area contributed by atoms with Gasteiger partial charge in [0.1, 0.15) is 6.04 Å². The van der Waals surface area contributed by atoms with Crippen LogP contribution in [0.4, 0.5) is 5.69 Å². The van der Waals surface area contributed by atoms with Crippen LogP contribution in [0.3, 0.4) is 0 Å².